The molecular weight excluding hydrogens is 252 g/mol. The van der Waals surface area contributed by atoms with Crippen LogP contribution in [-0.2, 0) is 4.74 Å². The zero-order valence-electron chi connectivity index (χ0n) is 10.4. The Morgan fingerprint density at radius 3 is 3.00 bits per heavy atom. The molecule has 2 aliphatic heterocycles. The molecule has 0 saturated carbocycles. The van der Waals surface area contributed by atoms with Crippen LogP contribution in [-0.4, -0.2) is 26.2 Å². The van der Waals surface area contributed by atoms with E-state index in [1.54, 1.807) is 0 Å². The van der Waals surface area contributed by atoms with Crippen molar-refractivity contribution in [3.63, 3.8) is 0 Å². The van der Waals surface area contributed by atoms with Gasteiger partial charge in [0.2, 0.25) is 0 Å². The van der Waals surface area contributed by atoms with Crippen molar-refractivity contribution in [3.8, 4) is 0 Å². The van der Waals surface area contributed by atoms with E-state index in [1.807, 2.05) is 11.8 Å². The molecule has 3 heterocycles. The van der Waals surface area contributed by atoms with Crippen LogP contribution in [0.15, 0.2) is 21.9 Å². The minimum atomic E-state index is -0.390. The highest BCUT2D eigenvalue weighted by atomic mass is 32.2. The molecule has 18 heavy (non-hydrogen) atoms. The van der Waals surface area contributed by atoms with Gasteiger partial charge in [0.25, 0.3) is 5.56 Å². The molecule has 98 valence electrons. The summed E-state index contributed by atoms with van der Waals surface area (Å²) in [6, 6.07) is 1.37. The Labute approximate surface area is 109 Å². The SMILES string of the molecule is CC[C@@]12CS[C@@H]([C@H](n3ccc(=O)[nH]c3=O)O1)[C@@H]2C. The third kappa shape index (κ3) is 1.52. The molecule has 0 aliphatic carbocycles. The molecule has 0 aromatic carbocycles. The number of fused-ring (bicyclic) bond motifs is 2. The Kier molecular flexibility index (Phi) is 2.67. The van der Waals surface area contributed by atoms with Crippen molar-refractivity contribution in [1.82, 2.24) is 9.55 Å². The summed E-state index contributed by atoms with van der Waals surface area (Å²) in [6.45, 7) is 4.31. The molecule has 5 nitrogen and oxygen atoms in total. The summed E-state index contributed by atoms with van der Waals surface area (Å²) in [7, 11) is 0. The Morgan fingerprint density at radius 1 is 1.61 bits per heavy atom. The monoisotopic (exact) mass is 268 g/mol. The summed E-state index contributed by atoms with van der Waals surface area (Å²) < 4.78 is 7.64. The first kappa shape index (κ1) is 12.0. The summed E-state index contributed by atoms with van der Waals surface area (Å²) in [4.78, 5) is 25.2. The van der Waals surface area contributed by atoms with E-state index in [9.17, 15) is 9.59 Å². The van der Waals surface area contributed by atoms with Gasteiger partial charge in [-0.05, 0) is 6.42 Å². The second-order valence-corrected chi connectivity index (χ2v) is 6.17. The minimum Gasteiger partial charge on any atom is -0.349 e. The molecule has 0 radical (unpaired) electrons. The van der Waals surface area contributed by atoms with Crippen molar-refractivity contribution in [2.75, 3.05) is 5.75 Å². The van der Waals surface area contributed by atoms with Gasteiger partial charge >= 0.3 is 5.69 Å². The molecule has 2 bridgehead atoms. The fraction of sp³-hybridized carbons (Fsp3) is 0.667. The van der Waals surface area contributed by atoms with Gasteiger partial charge < -0.3 is 4.74 Å². The zero-order valence-corrected chi connectivity index (χ0v) is 11.2. The average Bonchev–Trinajstić information content (AvgIpc) is 2.81. The molecule has 4 atom stereocenters. The van der Waals surface area contributed by atoms with Crippen LogP contribution >= 0.6 is 11.8 Å². The van der Waals surface area contributed by atoms with Gasteiger partial charge in [0.05, 0.1) is 10.9 Å². The van der Waals surface area contributed by atoms with Gasteiger partial charge in [0.15, 0.2) is 6.23 Å². The maximum Gasteiger partial charge on any atom is 0.330 e. The number of nitrogens with one attached hydrogen (secondary N) is 1. The van der Waals surface area contributed by atoms with Gasteiger partial charge in [-0.15, -0.1) is 0 Å². The highest BCUT2D eigenvalue weighted by Gasteiger charge is 2.58. The molecule has 0 unspecified atom stereocenters. The van der Waals surface area contributed by atoms with Gasteiger partial charge in [-0.25, -0.2) is 4.79 Å². The number of hydrogen-bond donors (Lipinski definition) is 1. The number of aromatic nitrogens is 2. The number of H-pyrrole nitrogens is 1. The molecule has 1 N–H and O–H groups in total. The van der Waals surface area contributed by atoms with Crippen molar-refractivity contribution >= 4 is 11.8 Å². The van der Waals surface area contributed by atoms with Gasteiger partial charge in [0.1, 0.15) is 0 Å². The van der Waals surface area contributed by atoms with Crippen molar-refractivity contribution in [2.45, 2.75) is 37.3 Å². The standard InChI is InChI=1S/C12H16N2O3S/c1-3-12-6-18-9(7(12)2)10(17-12)14-5-4-8(15)13-11(14)16/h4-5,7,9-10H,3,6H2,1-2H3,(H,13,15,16)/t7-,9+,10+,12-/m0/s1. The first-order valence-corrected chi connectivity index (χ1v) is 7.23. The summed E-state index contributed by atoms with van der Waals surface area (Å²) in [6.07, 6.45) is 2.22. The second-order valence-electron chi connectivity index (χ2n) is 5.01. The van der Waals surface area contributed by atoms with E-state index in [2.05, 4.69) is 18.8 Å². The number of thioether (sulfide) groups is 1. The maximum atomic E-state index is 11.8. The van der Waals surface area contributed by atoms with Crippen molar-refractivity contribution in [2.24, 2.45) is 5.92 Å². The van der Waals surface area contributed by atoms with Crippen molar-refractivity contribution < 1.29 is 4.74 Å². The van der Waals surface area contributed by atoms with E-state index >= 15 is 0 Å². The third-order valence-electron chi connectivity index (χ3n) is 4.20. The van der Waals surface area contributed by atoms with Crippen LogP contribution in [0.1, 0.15) is 26.5 Å². The molecule has 0 spiro atoms. The molecule has 2 saturated heterocycles. The van der Waals surface area contributed by atoms with Crippen LogP contribution in [0, 0.1) is 5.92 Å². The number of nitrogens with zero attached hydrogens (tertiary/aromatic N) is 1. The van der Waals surface area contributed by atoms with Crippen LogP contribution in [0.5, 0.6) is 0 Å². The van der Waals surface area contributed by atoms with Crippen LogP contribution < -0.4 is 11.2 Å². The van der Waals surface area contributed by atoms with Crippen LogP contribution in [0.25, 0.3) is 0 Å². The average molecular weight is 268 g/mol. The van der Waals surface area contributed by atoms with E-state index < -0.39 is 0 Å². The van der Waals surface area contributed by atoms with Crippen LogP contribution in [0.4, 0.5) is 0 Å². The number of rotatable bonds is 2. The summed E-state index contributed by atoms with van der Waals surface area (Å²) in [5.74, 6) is 1.42. The highest BCUT2D eigenvalue weighted by Crippen LogP contribution is 2.56. The lowest BCUT2D eigenvalue weighted by Crippen LogP contribution is -2.38. The van der Waals surface area contributed by atoms with E-state index in [1.165, 1.54) is 16.8 Å². The molecule has 2 aliphatic rings. The van der Waals surface area contributed by atoms with Gasteiger partial charge in [-0.1, -0.05) is 13.8 Å². The van der Waals surface area contributed by atoms with E-state index in [0.717, 1.165) is 12.2 Å². The summed E-state index contributed by atoms with van der Waals surface area (Å²) >= 11 is 1.86. The first-order chi connectivity index (χ1) is 8.57. The van der Waals surface area contributed by atoms with E-state index in [-0.39, 0.29) is 28.3 Å². The highest BCUT2D eigenvalue weighted by molar-refractivity contribution is 8.00. The zero-order chi connectivity index (χ0) is 12.9. The number of ether oxygens (including phenoxy) is 1. The molecule has 3 rings (SSSR count). The molecule has 0 amide bonds. The fourth-order valence-electron chi connectivity index (χ4n) is 2.94. The van der Waals surface area contributed by atoms with Crippen molar-refractivity contribution in [3.05, 3.63) is 33.1 Å². The molecule has 6 heteroatoms. The predicted octanol–water partition coefficient (Wildman–Crippen LogP) is 0.966. The van der Waals surface area contributed by atoms with Crippen molar-refractivity contribution in [1.29, 1.82) is 0 Å². The molecule has 1 aromatic heterocycles. The Balaban J connectivity index is 2.01. The van der Waals surface area contributed by atoms with E-state index in [0.29, 0.717) is 5.92 Å². The third-order valence-corrected chi connectivity index (χ3v) is 5.88. The number of hydrogen-bond acceptors (Lipinski definition) is 4. The van der Waals surface area contributed by atoms with E-state index in [4.69, 9.17) is 4.74 Å². The van der Waals surface area contributed by atoms with Gasteiger partial charge in [0, 0.05) is 23.9 Å². The van der Waals surface area contributed by atoms with Crippen LogP contribution in [0.3, 0.4) is 0 Å². The normalized spacial score (nSPS) is 38.2. The molecule has 2 fully saturated rings. The molecular formula is C12H16N2O3S. The minimum absolute atomic E-state index is 0.115. The first-order valence-electron chi connectivity index (χ1n) is 6.18. The topological polar surface area (TPSA) is 64.1 Å². The quantitative estimate of drug-likeness (QED) is 0.868. The van der Waals surface area contributed by atoms with Gasteiger partial charge in [-0.2, -0.15) is 11.8 Å². The Morgan fingerprint density at radius 2 is 2.39 bits per heavy atom. The molecule has 1 aromatic rings. The Hall–Kier alpha value is -1.01. The summed E-state index contributed by atoms with van der Waals surface area (Å²) in [5, 5.41) is 0.286. The largest absolute Gasteiger partial charge is 0.349 e. The number of aromatic amines is 1. The maximum absolute atomic E-state index is 11.8. The lowest BCUT2D eigenvalue weighted by atomic mass is 9.88. The van der Waals surface area contributed by atoms with Crippen LogP contribution in [0.2, 0.25) is 0 Å². The lowest BCUT2D eigenvalue weighted by Gasteiger charge is -2.31. The second kappa shape index (κ2) is 3.99. The predicted molar refractivity (Wildman–Crippen MR) is 69.9 cm³/mol. The summed E-state index contributed by atoms with van der Waals surface area (Å²) in [5.41, 5.74) is -0.875. The smallest absolute Gasteiger partial charge is 0.330 e. The Bertz CT molecular complexity index is 581. The van der Waals surface area contributed by atoms with Gasteiger partial charge in [-0.3, -0.25) is 14.3 Å². The fourth-order valence-corrected chi connectivity index (χ4v) is 4.84. The lowest BCUT2D eigenvalue weighted by molar-refractivity contribution is -0.0745.